The number of nitrogens with zero attached hydrogens (tertiary/aromatic N) is 2. The van der Waals surface area contributed by atoms with Gasteiger partial charge in [-0.15, -0.1) is 0 Å². The minimum absolute atomic E-state index is 0.172. The van der Waals surface area contributed by atoms with Crippen molar-refractivity contribution in [1.82, 2.24) is 0 Å². The molecule has 7 aromatic rings. The molecule has 78 heavy (non-hydrogen) atoms. The second-order valence-corrected chi connectivity index (χ2v) is 17.2. The van der Waals surface area contributed by atoms with E-state index in [4.69, 9.17) is 0 Å². The van der Waals surface area contributed by atoms with Crippen LogP contribution >= 0.6 is 0 Å². The molecule has 0 saturated heterocycles. The van der Waals surface area contributed by atoms with Crippen LogP contribution in [0, 0.1) is 10.1 Å². The minimum Gasteiger partial charge on any atom is -0.264 e. The fraction of sp³-hybridized carbons (Fsp3) is 0.204. The Morgan fingerprint density at radius 1 is 0.372 bits per heavy atom. The van der Waals surface area contributed by atoms with Crippen LogP contribution in [-0.2, 0) is 62.5 Å². The van der Waals surface area contributed by atoms with Gasteiger partial charge in [0.15, 0.2) is 12.7 Å². The Bertz CT molecular complexity index is 2900. The van der Waals surface area contributed by atoms with E-state index >= 15 is 0 Å². The highest BCUT2D eigenvalue weighted by molar-refractivity contribution is 7.20. The van der Waals surface area contributed by atoms with E-state index in [9.17, 15) is 115 Å². The molecule has 7 rings (SSSR count). The molecule has 6 aromatic carbocycles. The molecule has 0 atom stereocenters. The normalized spacial score (nSPS) is 13.3. The van der Waals surface area contributed by atoms with Crippen LogP contribution in [0.1, 0.15) is 55.8 Å². The van der Waals surface area contributed by atoms with Crippen LogP contribution < -0.4 is 26.4 Å². The van der Waals surface area contributed by atoms with E-state index in [1.165, 1.54) is 0 Å². The van der Waals surface area contributed by atoms with E-state index in [2.05, 4.69) is 0 Å². The third-order valence-corrected chi connectivity index (χ3v) is 12.0. The van der Waals surface area contributed by atoms with Gasteiger partial charge in [0.05, 0.1) is 49.9 Å². The van der Waals surface area contributed by atoms with Crippen molar-refractivity contribution in [3.8, 4) is 0 Å². The molecule has 0 N–H and O–H groups in total. The Morgan fingerprint density at radius 3 is 0.910 bits per heavy atom. The first kappa shape index (κ1) is 59.8. The molecule has 29 heteroatoms. The summed E-state index contributed by atoms with van der Waals surface area (Å²) in [6.07, 6.45) is -52.9. The van der Waals surface area contributed by atoms with Gasteiger partial charge in [0.1, 0.15) is 6.15 Å². The highest BCUT2D eigenvalue weighted by Crippen LogP contribution is 2.41. The van der Waals surface area contributed by atoms with E-state index in [0.29, 0.717) is 6.54 Å². The highest BCUT2D eigenvalue weighted by Gasteiger charge is 2.47. The summed E-state index contributed by atoms with van der Waals surface area (Å²) in [6, 6.07) is 10.9. The predicted octanol–water partition coefficient (Wildman–Crippen LogP) is 14.2. The summed E-state index contributed by atoms with van der Waals surface area (Å²) in [5.74, 6) is 0. The third-order valence-electron chi connectivity index (χ3n) is 12.0. The van der Waals surface area contributed by atoms with Crippen LogP contribution in [0.4, 0.5) is 105 Å². The molecule has 0 aliphatic carbocycles. The Hall–Kier alpha value is -7.49. The molecule has 0 aliphatic heterocycles. The van der Waals surface area contributed by atoms with Gasteiger partial charge in [-0.05, 0) is 35.7 Å². The van der Waals surface area contributed by atoms with Gasteiger partial charge >= 0.3 is 49.4 Å². The Labute approximate surface area is 421 Å². The fourth-order valence-electron chi connectivity index (χ4n) is 8.62. The molecule has 4 nitrogen and oxygen atoms in total. The van der Waals surface area contributed by atoms with Crippen LogP contribution in [0.25, 0.3) is 10.8 Å². The first-order valence-corrected chi connectivity index (χ1v) is 21.4. The van der Waals surface area contributed by atoms with Gasteiger partial charge in [-0.3, -0.25) is 10.1 Å². The Balaban J connectivity index is 0.000000387. The second kappa shape index (κ2) is 20.7. The molecule has 0 aliphatic rings. The number of halogens is 24. The van der Waals surface area contributed by atoms with Crippen LogP contribution in [0.5, 0.6) is 0 Å². The van der Waals surface area contributed by atoms with Gasteiger partial charge < -0.3 is 0 Å². The van der Waals surface area contributed by atoms with Gasteiger partial charge in [0.25, 0.3) is 12.2 Å². The summed E-state index contributed by atoms with van der Waals surface area (Å²) in [4.78, 5) is 10.7. The van der Waals surface area contributed by atoms with Crippen molar-refractivity contribution in [2.45, 2.75) is 62.5 Å². The lowest BCUT2D eigenvalue weighted by Gasteiger charge is -2.46. The number of rotatable bonds is 8. The molecular formula is C49H27BF24N2O2. The molecule has 0 bridgehead atoms. The van der Waals surface area contributed by atoms with Gasteiger partial charge in [-0.1, -0.05) is 97.1 Å². The highest BCUT2D eigenvalue weighted by atomic mass is 19.4. The molecule has 1 aromatic heterocycles. The van der Waals surface area contributed by atoms with E-state index in [0.717, 1.165) is 22.0 Å². The van der Waals surface area contributed by atoms with Crippen molar-refractivity contribution in [2.75, 3.05) is 0 Å². The first-order valence-electron chi connectivity index (χ1n) is 21.4. The number of hydrogen-bond acceptors (Lipinski definition) is 2. The molecule has 0 radical (unpaired) electrons. The Kier molecular flexibility index (Phi) is 15.9. The Morgan fingerprint density at radius 2 is 0.641 bits per heavy atom. The maximum absolute atomic E-state index is 14.2. The van der Waals surface area contributed by atoms with Gasteiger partial charge in [0, 0.05) is 16.6 Å². The van der Waals surface area contributed by atoms with Crippen molar-refractivity contribution in [3.63, 3.8) is 0 Å². The number of pyridine rings is 1. The summed E-state index contributed by atoms with van der Waals surface area (Å²) in [5, 5.41) is 13.0. The van der Waals surface area contributed by atoms with E-state index in [1.54, 1.807) is 0 Å². The van der Waals surface area contributed by atoms with Crippen LogP contribution in [0.2, 0.25) is 0 Å². The summed E-state index contributed by atoms with van der Waals surface area (Å²) in [7, 11) is 0. The van der Waals surface area contributed by atoms with Crippen molar-refractivity contribution in [3.05, 3.63) is 206 Å². The maximum atomic E-state index is 14.2. The molecule has 0 spiro atoms. The van der Waals surface area contributed by atoms with E-state index in [1.807, 2.05) is 71.4 Å². The quantitative estimate of drug-likeness (QED) is 0.0500. The van der Waals surface area contributed by atoms with Gasteiger partial charge in [0.2, 0.25) is 0 Å². The third kappa shape index (κ3) is 13.4. The topological polar surface area (TPSA) is 47.0 Å². The summed E-state index contributed by atoms with van der Waals surface area (Å²) in [6.45, 7) is 0.461. The second-order valence-electron chi connectivity index (χ2n) is 17.2. The number of fused-ring (bicyclic) bond motifs is 1. The largest absolute Gasteiger partial charge is 0.416 e. The molecule has 0 fully saturated rings. The average Bonchev–Trinajstić information content (AvgIpc) is 3.34. The maximum Gasteiger partial charge on any atom is 0.416 e. The summed E-state index contributed by atoms with van der Waals surface area (Å²) in [5.41, 5.74) is -28.3. The number of hydrogen-bond donors (Lipinski definition) is 0. The molecule has 0 unspecified atom stereocenters. The van der Waals surface area contributed by atoms with Crippen LogP contribution in [0.15, 0.2) is 140 Å². The van der Waals surface area contributed by atoms with Crippen molar-refractivity contribution < 1.29 is 115 Å². The van der Waals surface area contributed by atoms with E-state index < -0.39 is 195 Å². The number of alkyl halides is 24. The molecule has 416 valence electrons. The predicted molar refractivity (Wildman–Crippen MR) is 230 cm³/mol. The number of benzene rings is 6. The van der Waals surface area contributed by atoms with Crippen molar-refractivity contribution in [1.29, 1.82) is 0 Å². The molecule has 0 amide bonds. The summed E-state index contributed by atoms with van der Waals surface area (Å²) < 4.78 is 343. The van der Waals surface area contributed by atoms with E-state index in [-0.39, 0.29) is 11.5 Å². The van der Waals surface area contributed by atoms with Crippen LogP contribution in [0.3, 0.4) is 0 Å². The lowest BCUT2D eigenvalue weighted by Crippen LogP contribution is -2.75. The van der Waals surface area contributed by atoms with Gasteiger partial charge in [-0.2, -0.15) is 132 Å². The average molecular weight is 1140 g/mol. The molecular weight excluding hydrogens is 1120 g/mol. The molecule has 0 saturated carbocycles. The first-order chi connectivity index (χ1) is 35.5. The minimum atomic E-state index is -6.13. The van der Waals surface area contributed by atoms with Crippen molar-refractivity contribution >= 4 is 38.8 Å². The summed E-state index contributed by atoms with van der Waals surface area (Å²) >= 11 is 0. The zero-order chi connectivity index (χ0) is 58.6. The standard InChI is InChI=1S/C32H12BF24.C17H15N2O2/c34-25(35,36)13-1-14(26(37,38)39)6-21(5-13)33(22-7-15(27(40,41)42)2-16(8-22)28(43,44)45,23-9-17(29(46,47)48)3-18(10-23)30(49,50)51)24-11-19(31(52,53)54)4-20(12-24)32(55,56)57;20-19(21)13-17-16-9-5-4-8-15(16)10-11-18(17)12-14-6-2-1-3-7-14/h1-12H;1-11H,12-13H2/q-1;+1. The lowest BCUT2D eigenvalue weighted by atomic mass is 9.12. The zero-order valence-electron chi connectivity index (χ0n) is 38.1. The number of nitro groups is 1. The van der Waals surface area contributed by atoms with Crippen molar-refractivity contribution in [2.24, 2.45) is 0 Å². The SMILES string of the molecule is FC(F)(F)c1cc([B-](c2cc(C(F)(F)F)cc(C(F)(F)F)c2)(c2cc(C(F)(F)F)cc(C(F)(F)F)c2)c2cc(C(F)(F)F)cc(C(F)(F)F)c2)cc(C(F)(F)F)c1.O=[N+]([O-])Cc1c2ccccc2cc[n+]1Cc1ccccc1. The van der Waals surface area contributed by atoms with Crippen LogP contribution in [-0.4, -0.2) is 11.1 Å². The molecule has 1 heterocycles. The monoisotopic (exact) mass is 1140 g/mol. The number of aromatic nitrogens is 1. The zero-order valence-corrected chi connectivity index (χ0v) is 38.1. The van der Waals surface area contributed by atoms with Gasteiger partial charge in [-0.25, -0.2) is 0 Å². The smallest absolute Gasteiger partial charge is 0.264 e. The lowest BCUT2D eigenvalue weighted by molar-refractivity contribution is -0.707. The fourth-order valence-corrected chi connectivity index (χ4v) is 8.62.